The van der Waals surface area contributed by atoms with Crippen LogP contribution in [0.3, 0.4) is 0 Å². The smallest absolute Gasteiger partial charge is 0.254 e. The monoisotopic (exact) mass is 270 g/mol. The normalized spacial score (nSPS) is 15.2. The lowest BCUT2D eigenvalue weighted by molar-refractivity contribution is 0.0997. The Kier molecular flexibility index (Phi) is 3.16. The van der Waals surface area contributed by atoms with E-state index < -0.39 is 15.9 Å². The van der Waals surface area contributed by atoms with Crippen molar-refractivity contribution in [3.63, 3.8) is 0 Å². The molecule has 7 heteroatoms. The highest BCUT2D eigenvalue weighted by molar-refractivity contribution is 7.92. The minimum atomic E-state index is -3.48. The number of rotatable bonds is 5. The molecule has 0 heterocycles. The van der Waals surface area contributed by atoms with Crippen molar-refractivity contribution in [2.45, 2.75) is 18.9 Å². The lowest BCUT2D eigenvalue weighted by atomic mass is 10.1. The quantitative estimate of drug-likeness (QED) is 0.822. The van der Waals surface area contributed by atoms with Crippen LogP contribution in [0.2, 0.25) is 0 Å². The number of nitrogens with one attached hydrogen (secondary N) is 1. The van der Waals surface area contributed by atoms with Gasteiger partial charge in [0.05, 0.1) is 18.0 Å². The molecule has 1 aliphatic rings. The summed E-state index contributed by atoms with van der Waals surface area (Å²) in [6.07, 6.45) is 2.97. The van der Waals surface area contributed by atoms with Crippen molar-refractivity contribution in [3.8, 4) is 5.75 Å². The molecule has 0 saturated heterocycles. The van der Waals surface area contributed by atoms with E-state index in [4.69, 9.17) is 10.5 Å². The molecule has 1 aliphatic carbocycles. The van der Waals surface area contributed by atoms with Crippen LogP contribution >= 0.6 is 0 Å². The molecular formula is C11H14N2O4S. The van der Waals surface area contributed by atoms with Crippen molar-refractivity contribution in [1.82, 2.24) is 0 Å². The minimum absolute atomic E-state index is 0.0647. The van der Waals surface area contributed by atoms with Gasteiger partial charge in [-0.1, -0.05) is 6.07 Å². The second-order valence-electron chi connectivity index (χ2n) is 4.23. The first-order valence-corrected chi connectivity index (χ1v) is 7.33. The molecule has 1 fully saturated rings. The van der Waals surface area contributed by atoms with Gasteiger partial charge < -0.3 is 10.5 Å². The van der Waals surface area contributed by atoms with Crippen LogP contribution in [0.15, 0.2) is 18.2 Å². The highest BCUT2D eigenvalue weighted by atomic mass is 32.2. The van der Waals surface area contributed by atoms with Gasteiger partial charge >= 0.3 is 0 Å². The number of amides is 1. The standard InChI is InChI=1S/C11H14N2O4S/c1-18(15,16)13-8-3-2-4-9(10(8)11(12)14)17-7-5-6-7/h2-4,7,13H,5-6H2,1H3,(H2,12,14). The number of ether oxygens (including phenoxy) is 1. The molecule has 0 unspecified atom stereocenters. The van der Waals surface area contributed by atoms with Gasteiger partial charge in [-0.2, -0.15) is 0 Å². The highest BCUT2D eigenvalue weighted by Gasteiger charge is 2.26. The number of primary amides is 1. The predicted molar refractivity (Wildman–Crippen MR) is 67.1 cm³/mol. The summed E-state index contributed by atoms with van der Waals surface area (Å²) in [5, 5.41) is 0. The molecule has 98 valence electrons. The fraction of sp³-hybridized carbons (Fsp3) is 0.364. The van der Waals surface area contributed by atoms with Gasteiger partial charge in [-0.15, -0.1) is 0 Å². The van der Waals surface area contributed by atoms with Crippen molar-refractivity contribution in [2.75, 3.05) is 11.0 Å². The molecular weight excluding hydrogens is 256 g/mol. The van der Waals surface area contributed by atoms with Crippen molar-refractivity contribution in [3.05, 3.63) is 23.8 Å². The first-order valence-electron chi connectivity index (χ1n) is 5.44. The number of anilines is 1. The minimum Gasteiger partial charge on any atom is -0.490 e. The fourth-order valence-corrected chi connectivity index (χ4v) is 2.10. The molecule has 0 aromatic heterocycles. The summed E-state index contributed by atoms with van der Waals surface area (Å²) in [5.41, 5.74) is 5.48. The summed E-state index contributed by atoms with van der Waals surface area (Å²) in [7, 11) is -3.48. The van der Waals surface area contributed by atoms with Gasteiger partial charge in [0.15, 0.2) is 0 Å². The topological polar surface area (TPSA) is 98.5 Å². The van der Waals surface area contributed by atoms with E-state index in [9.17, 15) is 13.2 Å². The third kappa shape index (κ3) is 3.13. The third-order valence-corrected chi connectivity index (χ3v) is 2.98. The van der Waals surface area contributed by atoms with E-state index in [1.165, 1.54) is 6.07 Å². The number of hydrogen-bond donors (Lipinski definition) is 2. The predicted octanol–water partition coefficient (Wildman–Crippen LogP) is 0.698. The molecule has 1 amide bonds. The Balaban J connectivity index is 2.41. The number of hydrogen-bond acceptors (Lipinski definition) is 4. The van der Waals surface area contributed by atoms with Gasteiger partial charge in [-0.25, -0.2) is 8.42 Å². The van der Waals surface area contributed by atoms with E-state index in [0.717, 1.165) is 19.1 Å². The summed E-state index contributed by atoms with van der Waals surface area (Å²) in [6.45, 7) is 0. The molecule has 3 N–H and O–H groups in total. The molecule has 1 saturated carbocycles. The van der Waals surface area contributed by atoms with E-state index in [-0.39, 0.29) is 17.4 Å². The maximum atomic E-state index is 11.4. The summed E-state index contributed by atoms with van der Waals surface area (Å²) < 4.78 is 30.2. The number of sulfonamides is 1. The zero-order valence-electron chi connectivity index (χ0n) is 9.84. The van der Waals surface area contributed by atoms with Gasteiger partial charge in [0.1, 0.15) is 11.3 Å². The maximum absolute atomic E-state index is 11.4. The van der Waals surface area contributed by atoms with E-state index in [1.54, 1.807) is 12.1 Å². The molecule has 0 aliphatic heterocycles. The van der Waals surface area contributed by atoms with Gasteiger partial charge in [0, 0.05) is 0 Å². The summed E-state index contributed by atoms with van der Waals surface area (Å²) in [5.74, 6) is -0.406. The van der Waals surface area contributed by atoms with E-state index in [2.05, 4.69) is 4.72 Å². The first-order chi connectivity index (χ1) is 8.37. The lowest BCUT2D eigenvalue weighted by Crippen LogP contribution is -2.19. The van der Waals surface area contributed by atoms with Crippen LogP contribution in [0.5, 0.6) is 5.75 Å². The maximum Gasteiger partial charge on any atom is 0.254 e. The van der Waals surface area contributed by atoms with Crippen LogP contribution in [0.1, 0.15) is 23.2 Å². The van der Waals surface area contributed by atoms with Crippen molar-refractivity contribution in [1.29, 1.82) is 0 Å². The SMILES string of the molecule is CS(=O)(=O)Nc1cccc(OC2CC2)c1C(N)=O. The zero-order valence-corrected chi connectivity index (χ0v) is 10.7. The molecule has 1 aromatic rings. The summed E-state index contributed by atoms with van der Waals surface area (Å²) >= 11 is 0. The van der Waals surface area contributed by atoms with Crippen LogP contribution in [0.25, 0.3) is 0 Å². The molecule has 0 atom stereocenters. The zero-order chi connectivity index (χ0) is 13.3. The number of carbonyl (C=O) groups is 1. The van der Waals surface area contributed by atoms with Crippen molar-refractivity contribution in [2.24, 2.45) is 5.73 Å². The van der Waals surface area contributed by atoms with Gasteiger partial charge in [0.25, 0.3) is 5.91 Å². The second-order valence-corrected chi connectivity index (χ2v) is 5.98. The highest BCUT2D eigenvalue weighted by Crippen LogP contribution is 2.32. The fourth-order valence-electron chi connectivity index (χ4n) is 1.53. The molecule has 6 nitrogen and oxygen atoms in total. The summed E-state index contributed by atoms with van der Waals surface area (Å²) in [6, 6.07) is 4.68. The van der Waals surface area contributed by atoms with Crippen LogP contribution in [-0.2, 0) is 10.0 Å². The largest absolute Gasteiger partial charge is 0.490 e. The summed E-state index contributed by atoms with van der Waals surface area (Å²) in [4.78, 5) is 11.4. The van der Waals surface area contributed by atoms with Gasteiger partial charge in [0.2, 0.25) is 10.0 Å². The Morgan fingerprint density at radius 1 is 1.44 bits per heavy atom. The molecule has 0 spiro atoms. The molecule has 0 bridgehead atoms. The lowest BCUT2D eigenvalue weighted by Gasteiger charge is -2.13. The molecule has 2 rings (SSSR count). The average molecular weight is 270 g/mol. The number of nitrogens with two attached hydrogens (primary N) is 1. The third-order valence-electron chi connectivity index (χ3n) is 2.39. The first kappa shape index (κ1) is 12.7. The Labute approximate surface area is 105 Å². The Morgan fingerprint density at radius 2 is 2.11 bits per heavy atom. The number of carbonyl (C=O) groups excluding carboxylic acids is 1. The van der Waals surface area contributed by atoms with Gasteiger partial charge in [-0.3, -0.25) is 9.52 Å². The van der Waals surface area contributed by atoms with Crippen LogP contribution in [0.4, 0.5) is 5.69 Å². The van der Waals surface area contributed by atoms with Gasteiger partial charge in [-0.05, 0) is 25.0 Å². The second kappa shape index (κ2) is 4.49. The Bertz CT molecular complexity index is 579. The van der Waals surface area contributed by atoms with E-state index in [1.807, 2.05) is 0 Å². The Hall–Kier alpha value is -1.76. The average Bonchev–Trinajstić information content (AvgIpc) is 2.98. The number of benzene rings is 1. The molecule has 18 heavy (non-hydrogen) atoms. The van der Waals surface area contributed by atoms with E-state index in [0.29, 0.717) is 5.75 Å². The molecule has 1 aromatic carbocycles. The van der Waals surface area contributed by atoms with Crippen LogP contribution in [-0.4, -0.2) is 26.7 Å². The van der Waals surface area contributed by atoms with E-state index >= 15 is 0 Å². The Morgan fingerprint density at radius 3 is 2.61 bits per heavy atom. The molecule has 0 radical (unpaired) electrons. The van der Waals surface area contributed by atoms with Crippen molar-refractivity contribution < 1.29 is 17.9 Å². The van der Waals surface area contributed by atoms with Crippen LogP contribution < -0.4 is 15.2 Å². The van der Waals surface area contributed by atoms with Crippen LogP contribution in [0, 0.1) is 0 Å². The van der Waals surface area contributed by atoms with Crippen molar-refractivity contribution >= 4 is 21.6 Å².